The van der Waals surface area contributed by atoms with Gasteiger partial charge >= 0.3 is 0 Å². The summed E-state index contributed by atoms with van der Waals surface area (Å²) in [5, 5.41) is 9.43. The van der Waals surface area contributed by atoms with Gasteiger partial charge in [0.1, 0.15) is 0 Å². The Morgan fingerprint density at radius 2 is 2.27 bits per heavy atom. The monoisotopic (exact) mass is 214 g/mol. The highest BCUT2D eigenvalue weighted by molar-refractivity contribution is 9.10. The van der Waals surface area contributed by atoms with E-state index in [4.69, 9.17) is 0 Å². The molecule has 0 spiro atoms. The van der Waals surface area contributed by atoms with Crippen LogP contribution in [0.4, 0.5) is 0 Å². The lowest BCUT2D eigenvalue weighted by Gasteiger charge is -2.07. The van der Waals surface area contributed by atoms with Crippen LogP contribution in [-0.2, 0) is 0 Å². The summed E-state index contributed by atoms with van der Waals surface area (Å²) in [5.41, 5.74) is 0.974. The molecule has 1 atom stereocenters. The van der Waals surface area contributed by atoms with Crippen LogP contribution >= 0.6 is 15.9 Å². The average molecular weight is 215 g/mol. The van der Waals surface area contributed by atoms with Gasteiger partial charge in [-0.3, -0.25) is 0 Å². The van der Waals surface area contributed by atoms with Crippen LogP contribution in [0, 0.1) is 0 Å². The highest BCUT2D eigenvalue weighted by Gasteiger charge is 2.03. The van der Waals surface area contributed by atoms with Crippen LogP contribution in [0.15, 0.2) is 28.7 Å². The van der Waals surface area contributed by atoms with E-state index >= 15 is 0 Å². The van der Waals surface area contributed by atoms with Gasteiger partial charge in [-0.2, -0.15) is 0 Å². The molecule has 1 aromatic rings. The van der Waals surface area contributed by atoms with Crippen molar-refractivity contribution in [1.29, 1.82) is 0 Å². The van der Waals surface area contributed by atoms with Crippen LogP contribution in [0.3, 0.4) is 0 Å². The van der Waals surface area contributed by atoms with Crippen molar-refractivity contribution in [3.8, 4) is 0 Å². The summed E-state index contributed by atoms with van der Waals surface area (Å²) in [6, 6.07) is 7.75. The largest absolute Gasteiger partial charge is 0.388 e. The summed E-state index contributed by atoms with van der Waals surface area (Å²) in [4.78, 5) is 0. The summed E-state index contributed by atoms with van der Waals surface area (Å²) in [6.07, 6.45) is 0.434. The molecule has 0 heterocycles. The SMILES string of the molecule is CCC(O)c1cccc(Br)c1. The van der Waals surface area contributed by atoms with Crippen molar-refractivity contribution in [2.45, 2.75) is 19.4 Å². The van der Waals surface area contributed by atoms with Crippen molar-refractivity contribution < 1.29 is 5.11 Å². The van der Waals surface area contributed by atoms with Gasteiger partial charge in [0.15, 0.2) is 0 Å². The molecule has 11 heavy (non-hydrogen) atoms. The van der Waals surface area contributed by atoms with Crippen molar-refractivity contribution in [2.24, 2.45) is 0 Å². The smallest absolute Gasteiger partial charge is 0.0787 e. The molecule has 0 saturated carbocycles. The first-order valence-electron chi connectivity index (χ1n) is 3.67. The lowest BCUT2D eigenvalue weighted by atomic mass is 10.1. The van der Waals surface area contributed by atoms with Gasteiger partial charge in [-0.05, 0) is 24.1 Å². The quantitative estimate of drug-likeness (QED) is 0.804. The maximum absolute atomic E-state index is 9.43. The Balaban J connectivity index is 2.86. The Labute approximate surface area is 75.2 Å². The summed E-state index contributed by atoms with van der Waals surface area (Å²) in [7, 11) is 0. The number of hydrogen-bond donors (Lipinski definition) is 1. The highest BCUT2D eigenvalue weighted by atomic mass is 79.9. The zero-order chi connectivity index (χ0) is 8.27. The third kappa shape index (κ3) is 2.31. The van der Waals surface area contributed by atoms with E-state index in [9.17, 15) is 5.11 Å². The molecular formula is C9H11BrO. The van der Waals surface area contributed by atoms with Gasteiger partial charge in [-0.25, -0.2) is 0 Å². The molecule has 2 heteroatoms. The molecule has 0 amide bonds. The first-order valence-corrected chi connectivity index (χ1v) is 4.47. The lowest BCUT2D eigenvalue weighted by molar-refractivity contribution is 0.173. The van der Waals surface area contributed by atoms with Gasteiger partial charge in [-0.15, -0.1) is 0 Å². The predicted molar refractivity (Wildman–Crippen MR) is 49.4 cm³/mol. The van der Waals surface area contributed by atoms with Crippen molar-refractivity contribution >= 4 is 15.9 Å². The topological polar surface area (TPSA) is 20.2 Å². The van der Waals surface area contributed by atoms with E-state index < -0.39 is 0 Å². The molecule has 0 aliphatic rings. The van der Waals surface area contributed by atoms with Crippen molar-refractivity contribution in [3.63, 3.8) is 0 Å². The summed E-state index contributed by atoms with van der Waals surface area (Å²) >= 11 is 3.35. The van der Waals surface area contributed by atoms with Gasteiger partial charge in [0.2, 0.25) is 0 Å². The van der Waals surface area contributed by atoms with Gasteiger partial charge < -0.3 is 5.11 Å². The molecule has 0 aliphatic heterocycles. The van der Waals surface area contributed by atoms with Crippen molar-refractivity contribution in [3.05, 3.63) is 34.3 Å². The van der Waals surface area contributed by atoms with Crippen LogP contribution in [0.1, 0.15) is 25.0 Å². The van der Waals surface area contributed by atoms with E-state index in [1.165, 1.54) is 0 Å². The Morgan fingerprint density at radius 3 is 2.82 bits per heavy atom. The molecule has 0 radical (unpaired) electrons. The Kier molecular flexibility index (Phi) is 3.09. The van der Waals surface area contributed by atoms with E-state index in [-0.39, 0.29) is 6.10 Å². The normalized spacial score (nSPS) is 13.0. The minimum atomic E-state index is -0.326. The minimum absolute atomic E-state index is 0.326. The summed E-state index contributed by atoms with van der Waals surface area (Å²) in [5.74, 6) is 0. The second kappa shape index (κ2) is 3.88. The van der Waals surface area contributed by atoms with Crippen LogP contribution < -0.4 is 0 Å². The maximum Gasteiger partial charge on any atom is 0.0787 e. The number of aliphatic hydroxyl groups excluding tert-OH is 1. The maximum atomic E-state index is 9.43. The Morgan fingerprint density at radius 1 is 1.55 bits per heavy atom. The second-order valence-electron chi connectivity index (χ2n) is 2.48. The molecule has 0 saturated heterocycles. The number of halogens is 1. The fourth-order valence-electron chi connectivity index (χ4n) is 0.950. The zero-order valence-electron chi connectivity index (χ0n) is 6.42. The van der Waals surface area contributed by atoms with Crippen LogP contribution in [0.25, 0.3) is 0 Å². The molecule has 60 valence electrons. The molecule has 0 aliphatic carbocycles. The summed E-state index contributed by atoms with van der Waals surface area (Å²) in [6.45, 7) is 1.96. The molecule has 1 aromatic carbocycles. The first-order chi connectivity index (χ1) is 5.24. The van der Waals surface area contributed by atoms with Crippen molar-refractivity contribution in [2.75, 3.05) is 0 Å². The molecular weight excluding hydrogens is 204 g/mol. The zero-order valence-corrected chi connectivity index (χ0v) is 8.01. The van der Waals surface area contributed by atoms with Gasteiger partial charge in [0, 0.05) is 4.47 Å². The number of rotatable bonds is 2. The third-order valence-corrected chi connectivity index (χ3v) is 2.11. The van der Waals surface area contributed by atoms with Crippen LogP contribution in [0.5, 0.6) is 0 Å². The highest BCUT2D eigenvalue weighted by Crippen LogP contribution is 2.19. The lowest BCUT2D eigenvalue weighted by Crippen LogP contribution is -1.93. The molecule has 0 aromatic heterocycles. The summed E-state index contributed by atoms with van der Waals surface area (Å²) < 4.78 is 1.02. The van der Waals surface area contributed by atoms with Crippen molar-refractivity contribution in [1.82, 2.24) is 0 Å². The second-order valence-corrected chi connectivity index (χ2v) is 3.39. The number of aliphatic hydroxyl groups is 1. The van der Waals surface area contributed by atoms with E-state index in [1.54, 1.807) is 0 Å². The number of benzene rings is 1. The van der Waals surface area contributed by atoms with Gasteiger partial charge in [0.25, 0.3) is 0 Å². The van der Waals surface area contributed by atoms with Gasteiger partial charge in [-0.1, -0.05) is 35.0 Å². The fraction of sp³-hybridized carbons (Fsp3) is 0.333. The van der Waals surface area contributed by atoms with E-state index in [0.717, 1.165) is 16.5 Å². The van der Waals surface area contributed by atoms with Crippen LogP contribution in [0.2, 0.25) is 0 Å². The molecule has 1 rings (SSSR count). The Hall–Kier alpha value is -0.340. The first kappa shape index (κ1) is 8.75. The molecule has 1 N–H and O–H groups in total. The fourth-order valence-corrected chi connectivity index (χ4v) is 1.37. The Bertz CT molecular complexity index is 235. The molecule has 0 bridgehead atoms. The minimum Gasteiger partial charge on any atom is -0.388 e. The van der Waals surface area contributed by atoms with E-state index in [0.29, 0.717) is 0 Å². The molecule has 1 unspecified atom stereocenters. The standard InChI is InChI=1S/C9H11BrO/c1-2-9(11)7-4-3-5-8(10)6-7/h3-6,9,11H,2H2,1H3. The number of hydrogen-bond acceptors (Lipinski definition) is 1. The third-order valence-electron chi connectivity index (χ3n) is 1.62. The average Bonchev–Trinajstić information content (AvgIpc) is 2.03. The van der Waals surface area contributed by atoms with Crippen LogP contribution in [-0.4, -0.2) is 5.11 Å². The predicted octanol–water partition coefficient (Wildman–Crippen LogP) is 2.89. The molecule has 1 nitrogen and oxygen atoms in total. The molecule has 0 fully saturated rings. The van der Waals surface area contributed by atoms with E-state index in [1.807, 2.05) is 31.2 Å². The van der Waals surface area contributed by atoms with E-state index in [2.05, 4.69) is 15.9 Å². The van der Waals surface area contributed by atoms with Gasteiger partial charge in [0.05, 0.1) is 6.10 Å².